The molecule has 5 nitrogen and oxygen atoms in total. The molecule has 0 aliphatic rings. The first kappa shape index (κ1) is 14.9. The van der Waals surface area contributed by atoms with Crippen LogP contribution in [0.1, 0.15) is 29.5 Å². The number of carbonyl (C=O) groups excluding carboxylic acids is 1. The molecule has 1 unspecified atom stereocenters. The van der Waals surface area contributed by atoms with Crippen molar-refractivity contribution >= 4 is 23.4 Å². The van der Waals surface area contributed by atoms with Crippen LogP contribution in [0.15, 0.2) is 0 Å². The van der Waals surface area contributed by atoms with Gasteiger partial charge in [-0.15, -0.1) is 0 Å². The predicted molar refractivity (Wildman–Crippen MR) is 76.9 cm³/mol. The SMILES string of the molecule is CCC(CSC)N(C)C(=O)c1c(N)c(C)nn1C. The minimum Gasteiger partial charge on any atom is -0.395 e. The van der Waals surface area contributed by atoms with E-state index in [4.69, 9.17) is 5.73 Å². The van der Waals surface area contributed by atoms with Gasteiger partial charge in [-0.3, -0.25) is 9.48 Å². The number of amides is 1. The Kier molecular flexibility index (Phi) is 5.07. The van der Waals surface area contributed by atoms with Crippen LogP contribution in [0.25, 0.3) is 0 Å². The molecule has 2 N–H and O–H groups in total. The Labute approximate surface area is 113 Å². The van der Waals surface area contributed by atoms with E-state index >= 15 is 0 Å². The van der Waals surface area contributed by atoms with Crippen molar-refractivity contribution in [2.45, 2.75) is 26.3 Å². The summed E-state index contributed by atoms with van der Waals surface area (Å²) in [5.41, 5.74) is 7.58. The maximum absolute atomic E-state index is 12.5. The summed E-state index contributed by atoms with van der Waals surface area (Å²) in [4.78, 5) is 14.2. The molecule has 0 fully saturated rings. The first-order valence-electron chi connectivity index (χ1n) is 5.99. The third kappa shape index (κ3) is 2.80. The second-order valence-corrected chi connectivity index (χ2v) is 5.32. The van der Waals surface area contributed by atoms with Gasteiger partial charge in [0, 0.05) is 25.9 Å². The predicted octanol–water partition coefficient (Wildman–Crippen LogP) is 1.52. The quantitative estimate of drug-likeness (QED) is 0.881. The van der Waals surface area contributed by atoms with Gasteiger partial charge in [-0.2, -0.15) is 16.9 Å². The first-order valence-corrected chi connectivity index (χ1v) is 7.38. The lowest BCUT2D eigenvalue weighted by Crippen LogP contribution is -2.39. The Morgan fingerprint density at radius 3 is 2.61 bits per heavy atom. The molecule has 0 saturated carbocycles. The Morgan fingerprint density at radius 2 is 2.22 bits per heavy atom. The van der Waals surface area contributed by atoms with Crippen molar-refractivity contribution in [1.82, 2.24) is 14.7 Å². The van der Waals surface area contributed by atoms with Crippen molar-refractivity contribution in [3.8, 4) is 0 Å². The average Bonchev–Trinajstić information content (AvgIpc) is 2.58. The molecule has 1 aromatic heterocycles. The van der Waals surface area contributed by atoms with Gasteiger partial charge in [0.15, 0.2) is 0 Å². The van der Waals surface area contributed by atoms with E-state index in [2.05, 4.69) is 12.0 Å². The van der Waals surface area contributed by atoms with Gasteiger partial charge in [0.1, 0.15) is 5.69 Å². The van der Waals surface area contributed by atoms with E-state index < -0.39 is 0 Å². The number of anilines is 1. The zero-order valence-corrected chi connectivity index (χ0v) is 12.5. The van der Waals surface area contributed by atoms with E-state index in [-0.39, 0.29) is 11.9 Å². The molecule has 0 aliphatic carbocycles. The minimum atomic E-state index is -0.0588. The second kappa shape index (κ2) is 6.13. The summed E-state index contributed by atoms with van der Waals surface area (Å²) < 4.78 is 1.56. The van der Waals surface area contributed by atoms with Crippen LogP contribution in [0.4, 0.5) is 5.69 Å². The fourth-order valence-corrected chi connectivity index (χ4v) is 2.80. The number of nitrogens with two attached hydrogens (primary N) is 1. The maximum Gasteiger partial charge on any atom is 0.274 e. The summed E-state index contributed by atoms with van der Waals surface area (Å²) in [5, 5.41) is 4.18. The zero-order valence-electron chi connectivity index (χ0n) is 11.7. The molecule has 6 heteroatoms. The lowest BCUT2D eigenvalue weighted by atomic mass is 10.2. The van der Waals surface area contributed by atoms with E-state index in [0.717, 1.165) is 12.2 Å². The molecule has 0 bridgehead atoms. The monoisotopic (exact) mass is 270 g/mol. The summed E-state index contributed by atoms with van der Waals surface area (Å²) in [6.45, 7) is 3.90. The maximum atomic E-state index is 12.5. The first-order chi connectivity index (χ1) is 8.43. The number of aromatic nitrogens is 2. The van der Waals surface area contributed by atoms with Crippen LogP contribution in [-0.4, -0.2) is 45.7 Å². The molecule has 18 heavy (non-hydrogen) atoms. The van der Waals surface area contributed by atoms with Crippen molar-refractivity contribution in [2.75, 3.05) is 24.8 Å². The fourth-order valence-electron chi connectivity index (χ4n) is 1.96. The Morgan fingerprint density at radius 1 is 1.61 bits per heavy atom. The van der Waals surface area contributed by atoms with Gasteiger partial charge in [0.2, 0.25) is 0 Å². The lowest BCUT2D eigenvalue weighted by Gasteiger charge is -2.26. The van der Waals surface area contributed by atoms with Gasteiger partial charge in [-0.1, -0.05) is 6.92 Å². The number of thioether (sulfide) groups is 1. The smallest absolute Gasteiger partial charge is 0.274 e. The molecule has 1 atom stereocenters. The molecule has 1 amide bonds. The highest BCUT2D eigenvalue weighted by atomic mass is 32.2. The lowest BCUT2D eigenvalue weighted by molar-refractivity contribution is 0.0733. The molecule has 0 saturated heterocycles. The molecule has 1 aromatic rings. The summed E-state index contributed by atoms with van der Waals surface area (Å²) in [7, 11) is 3.58. The molecular weight excluding hydrogens is 248 g/mol. The van der Waals surface area contributed by atoms with Crippen LogP contribution in [0.2, 0.25) is 0 Å². The fraction of sp³-hybridized carbons (Fsp3) is 0.667. The highest BCUT2D eigenvalue weighted by Crippen LogP contribution is 2.19. The standard InChI is InChI=1S/C12H22N4OS/c1-6-9(7-18-5)15(3)12(17)11-10(13)8(2)14-16(11)4/h9H,6-7,13H2,1-5H3. The average molecular weight is 270 g/mol. The summed E-state index contributed by atoms with van der Waals surface area (Å²) in [6.07, 6.45) is 2.98. The number of aryl methyl sites for hydroxylation is 2. The third-order valence-corrected chi connectivity index (χ3v) is 3.89. The van der Waals surface area contributed by atoms with E-state index in [0.29, 0.717) is 17.1 Å². The van der Waals surface area contributed by atoms with E-state index in [1.165, 1.54) is 0 Å². The molecule has 0 aliphatic heterocycles. The summed E-state index contributed by atoms with van der Waals surface area (Å²) >= 11 is 1.74. The molecule has 102 valence electrons. The second-order valence-electron chi connectivity index (χ2n) is 4.40. The van der Waals surface area contributed by atoms with Crippen LogP contribution < -0.4 is 5.73 Å². The normalized spacial score (nSPS) is 12.5. The van der Waals surface area contributed by atoms with E-state index in [1.54, 1.807) is 28.4 Å². The zero-order chi connectivity index (χ0) is 13.9. The number of nitrogens with zero attached hydrogens (tertiary/aromatic N) is 3. The van der Waals surface area contributed by atoms with E-state index in [9.17, 15) is 4.79 Å². The number of hydrogen-bond donors (Lipinski definition) is 1. The van der Waals surface area contributed by atoms with Gasteiger partial charge in [-0.05, 0) is 19.6 Å². The van der Waals surface area contributed by atoms with E-state index in [1.807, 2.05) is 20.2 Å². The molecule has 0 aromatic carbocycles. The van der Waals surface area contributed by atoms with Crippen molar-refractivity contribution < 1.29 is 4.79 Å². The van der Waals surface area contributed by atoms with Crippen LogP contribution in [-0.2, 0) is 7.05 Å². The van der Waals surface area contributed by atoms with Crippen LogP contribution >= 0.6 is 11.8 Å². The summed E-state index contributed by atoms with van der Waals surface area (Å²) in [6, 6.07) is 0.224. The van der Waals surface area contributed by atoms with Crippen molar-refractivity contribution in [2.24, 2.45) is 7.05 Å². The Balaban J connectivity index is 2.99. The third-order valence-electron chi connectivity index (χ3n) is 3.17. The van der Waals surface area contributed by atoms with Crippen molar-refractivity contribution in [1.29, 1.82) is 0 Å². The van der Waals surface area contributed by atoms with Gasteiger partial charge in [-0.25, -0.2) is 0 Å². The molecule has 0 spiro atoms. The summed E-state index contributed by atoms with van der Waals surface area (Å²) in [5.74, 6) is 0.867. The number of rotatable bonds is 5. The highest BCUT2D eigenvalue weighted by Gasteiger charge is 2.25. The number of carbonyl (C=O) groups is 1. The van der Waals surface area contributed by atoms with Crippen molar-refractivity contribution in [3.05, 3.63) is 11.4 Å². The molecule has 1 rings (SSSR count). The van der Waals surface area contributed by atoms with Gasteiger partial charge < -0.3 is 10.6 Å². The largest absolute Gasteiger partial charge is 0.395 e. The van der Waals surface area contributed by atoms with Crippen LogP contribution in [0, 0.1) is 6.92 Å². The molecule has 1 heterocycles. The minimum absolute atomic E-state index is 0.0588. The van der Waals surface area contributed by atoms with Gasteiger partial charge >= 0.3 is 0 Å². The van der Waals surface area contributed by atoms with Crippen LogP contribution in [0.3, 0.4) is 0 Å². The number of nitrogen functional groups attached to an aromatic ring is 1. The Hall–Kier alpha value is -1.17. The highest BCUT2D eigenvalue weighted by molar-refractivity contribution is 7.98. The number of hydrogen-bond acceptors (Lipinski definition) is 4. The molecular formula is C12H22N4OS. The molecule has 0 radical (unpaired) electrons. The topological polar surface area (TPSA) is 64.2 Å². The van der Waals surface area contributed by atoms with Gasteiger partial charge in [0.05, 0.1) is 11.4 Å². The van der Waals surface area contributed by atoms with Crippen molar-refractivity contribution in [3.63, 3.8) is 0 Å². The van der Waals surface area contributed by atoms with Crippen LogP contribution in [0.5, 0.6) is 0 Å². The Bertz CT molecular complexity index is 430. The van der Waals surface area contributed by atoms with Gasteiger partial charge in [0.25, 0.3) is 5.91 Å².